The van der Waals surface area contributed by atoms with Gasteiger partial charge in [0, 0.05) is 50.5 Å². The van der Waals surface area contributed by atoms with Gasteiger partial charge < -0.3 is 29.5 Å². The third-order valence-corrected chi connectivity index (χ3v) is 8.38. The van der Waals surface area contributed by atoms with Gasteiger partial charge in [-0.05, 0) is 18.1 Å². The minimum atomic E-state index is -2.16. The molecule has 11 nitrogen and oxygen atoms in total. The van der Waals surface area contributed by atoms with Crippen LogP contribution in [0, 0.1) is 11.6 Å². The van der Waals surface area contributed by atoms with Crippen LogP contribution >= 0.6 is 8.38 Å². The quantitative estimate of drug-likeness (QED) is 0.296. The second-order valence-electron chi connectivity index (χ2n) is 10.3. The van der Waals surface area contributed by atoms with E-state index < -0.39 is 42.9 Å². The van der Waals surface area contributed by atoms with Crippen LogP contribution < -0.4 is 20.5 Å². The Hall–Kier alpha value is -3.90. The molecule has 2 aromatic carbocycles. The molecular formula is C29H31F2N4O7P. The lowest BCUT2D eigenvalue weighted by molar-refractivity contribution is 0.0221. The number of hydrogen-bond acceptors (Lipinski definition) is 8. The average molecular weight is 617 g/mol. The summed E-state index contributed by atoms with van der Waals surface area (Å²) < 4.78 is 40.6. The van der Waals surface area contributed by atoms with Crippen molar-refractivity contribution in [1.29, 1.82) is 0 Å². The summed E-state index contributed by atoms with van der Waals surface area (Å²) in [6, 6.07) is 11.9. The Bertz CT molecular complexity index is 1560. The summed E-state index contributed by atoms with van der Waals surface area (Å²) in [4.78, 5) is 61.7. The average Bonchev–Trinajstić information content (AvgIpc) is 3.47. The molecule has 3 N–H and O–H groups in total. The molecule has 0 saturated carbocycles. The summed E-state index contributed by atoms with van der Waals surface area (Å²) in [6.45, 7) is 0.262. The molecular weight excluding hydrogens is 585 g/mol. The Morgan fingerprint density at radius 2 is 1.93 bits per heavy atom. The van der Waals surface area contributed by atoms with E-state index in [1.807, 2.05) is 6.07 Å². The van der Waals surface area contributed by atoms with Crippen molar-refractivity contribution in [3.8, 4) is 5.75 Å². The molecule has 43 heavy (non-hydrogen) atoms. The number of pyridine rings is 1. The number of aromatic nitrogens is 1. The topological polar surface area (TPSA) is 134 Å². The molecule has 1 spiro atoms. The molecule has 0 aliphatic carbocycles. The van der Waals surface area contributed by atoms with Crippen LogP contribution in [0.25, 0.3) is 0 Å². The monoisotopic (exact) mass is 616 g/mol. The third kappa shape index (κ3) is 6.12. The normalized spacial score (nSPS) is 18.0. The smallest absolute Gasteiger partial charge is 0.278 e. The van der Waals surface area contributed by atoms with E-state index in [2.05, 4.69) is 5.32 Å². The number of carbonyl (C=O) groups is 2. The first-order valence-corrected chi connectivity index (χ1v) is 15.0. The van der Waals surface area contributed by atoms with Crippen LogP contribution in [0.1, 0.15) is 44.8 Å². The zero-order chi connectivity index (χ0) is 30.7. The van der Waals surface area contributed by atoms with E-state index in [1.165, 1.54) is 16.9 Å². The van der Waals surface area contributed by atoms with Crippen molar-refractivity contribution in [3.05, 3.63) is 99.0 Å². The maximum Gasteiger partial charge on any atom is 0.278 e. The van der Waals surface area contributed by atoms with Crippen molar-refractivity contribution >= 4 is 20.2 Å². The number of carbonyl (C=O) groups excluding carboxylic acids is 2. The summed E-state index contributed by atoms with van der Waals surface area (Å²) in [5, 5.41) is 4.22. The predicted molar refractivity (Wildman–Crippen MR) is 153 cm³/mol. The van der Waals surface area contributed by atoms with Gasteiger partial charge in [0.25, 0.3) is 11.8 Å². The molecule has 1 saturated heterocycles. The van der Waals surface area contributed by atoms with Gasteiger partial charge in [-0.3, -0.25) is 24.1 Å². The Kier molecular flexibility index (Phi) is 9.07. The first-order chi connectivity index (χ1) is 20.6. The summed E-state index contributed by atoms with van der Waals surface area (Å²) >= 11 is 0. The molecule has 1 fully saturated rings. The van der Waals surface area contributed by atoms with Gasteiger partial charge in [0.2, 0.25) is 5.43 Å². The largest absolute Gasteiger partial charge is 0.482 e. The molecule has 1 atom stereocenters. The summed E-state index contributed by atoms with van der Waals surface area (Å²) in [5.74, 6) is -3.33. The van der Waals surface area contributed by atoms with Crippen LogP contribution in [-0.2, 0) is 17.9 Å². The lowest BCUT2D eigenvalue weighted by atomic mass is 10.0. The Morgan fingerprint density at radius 3 is 2.60 bits per heavy atom. The SMILES string of the molecule is CN1n2cc(C(=O)NCc3ccc(F)cc3F)c(=O)c(OCc3ccccc3)c2C(=O)N(CCCP(O)O)C12CCOC2. The number of halogens is 2. The van der Waals surface area contributed by atoms with Crippen LogP contribution in [0.4, 0.5) is 8.78 Å². The maximum absolute atomic E-state index is 14.2. The van der Waals surface area contributed by atoms with Crippen molar-refractivity contribution in [2.24, 2.45) is 0 Å². The fourth-order valence-corrected chi connectivity index (χ4v) is 5.78. The van der Waals surface area contributed by atoms with Crippen LogP contribution in [-0.4, -0.2) is 69.8 Å². The lowest BCUT2D eigenvalue weighted by Crippen LogP contribution is -2.70. The highest BCUT2D eigenvalue weighted by atomic mass is 31.2. The summed E-state index contributed by atoms with van der Waals surface area (Å²) in [5.41, 5.74) is -1.52. The Labute approximate surface area is 247 Å². The minimum absolute atomic E-state index is 0.0211. The highest BCUT2D eigenvalue weighted by Crippen LogP contribution is 2.37. The van der Waals surface area contributed by atoms with Gasteiger partial charge in [0.1, 0.15) is 23.8 Å². The van der Waals surface area contributed by atoms with Gasteiger partial charge in [-0.2, -0.15) is 0 Å². The van der Waals surface area contributed by atoms with Gasteiger partial charge in [-0.15, -0.1) is 0 Å². The molecule has 0 bridgehead atoms. The van der Waals surface area contributed by atoms with Crippen LogP contribution in [0.3, 0.4) is 0 Å². The van der Waals surface area contributed by atoms with E-state index >= 15 is 0 Å². The van der Waals surface area contributed by atoms with Gasteiger partial charge >= 0.3 is 0 Å². The van der Waals surface area contributed by atoms with Gasteiger partial charge in [0.05, 0.1) is 13.2 Å². The Morgan fingerprint density at radius 1 is 1.16 bits per heavy atom. The number of nitrogens with zero attached hydrogens (tertiary/aromatic N) is 3. The van der Waals surface area contributed by atoms with Crippen molar-refractivity contribution in [1.82, 2.24) is 14.9 Å². The number of likely N-dealkylation sites (N-methyl/N-ethyl adjacent to an activating group) is 1. The van der Waals surface area contributed by atoms with Gasteiger partial charge in [-0.25, -0.2) is 8.78 Å². The molecule has 5 rings (SSSR count). The molecule has 1 aromatic heterocycles. The molecule has 14 heteroatoms. The van der Waals surface area contributed by atoms with Crippen molar-refractivity contribution in [3.63, 3.8) is 0 Å². The number of nitrogens with one attached hydrogen (secondary N) is 1. The zero-order valence-corrected chi connectivity index (χ0v) is 24.2. The fraction of sp³-hybridized carbons (Fsp3) is 0.345. The fourth-order valence-electron chi connectivity index (χ4n) is 5.36. The molecule has 228 valence electrons. The summed E-state index contributed by atoms with van der Waals surface area (Å²) in [7, 11) is -0.459. The number of ether oxygens (including phenoxy) is 2. The first kappa shape index (κ1) is 30.6. The van der Waals surface area contributed by atoms with Crippen molar-refractivity contribution < 1.29 is 37.6 Å². The molecule has 2 amide bonds. The van der Waals surface area contributed by atoms with Crippen LogP contribution in [0.15, 0.2) is 59.5 Å². The molecule has 3 heterocycles. The second kappa shape index (κ2) is 12.8. The molecule has 1 unspecified atom stereocenters. The zero-order valence-electron chi connectivity index (χ0n) is 23.3. The number of hydrogen-bond donors (Lipinski definition) is 3. The van der Waals surface area contributed by atoms with Crippen molar-refractivity contribution in [2.45, 2.75) is 31.7 Å². The number of rotatable bonds is 10. The van der Waals surface area contributed by atoms with Crippen LogP contribution in [0.2, 0.25) is 0 Å². The number of amides is 2. The third-order valence-electron chi connectivity index (χ3n) is 7.67. The second-order valence-corrected chi connectivity index (χ2v) is 11.5. The molecule has 2 aliphatic heterocycles. The van der Waals surface area contributed by atoms with E-state index in [0.717, 1.165) is 11.6 Å². The highest BCUT2D eigenvalue weighted by Gasteiger charge is 2.52. The molecule has 2 aliphatic rings. The standard InChI is InChI=1S/C29H31F2N4O7P/c1-33-29(10-12-41-18-29)34(11-5-13-43(39)40)28(38)24-26(42-17-19-6-3-2-4-7-19)25(36)22(16-35(24)33)27(37)32-15-20-8-9-21(30)14-23(20)31/h2-4,6-9,14,16,39-40H,5,10-13,15,17-18H2,1H3,(H,32,37). The van der Waals surface area contributed by atoms with E-state index in [4.69, 9.17) is 9.47 Å². The van der Waals surface area contributed by atoms with Crippen molar-refractivity contribution in [2.75, 3.05) is 38.0 Å². The molecule has 0 radical (unpaired) electrons. The van der Waals surface area contributed by atoms with Gasteiger partial charge in [-0.1, -0.05) is 36.4 Å². The number of benzene rings is 2. The van der Waals surface area contributed by atoms with E-state index in [0.29, 0.717) is 25.5 Å². The highest BCUT2D eigenvalue weighted by molar-refractivity contribution is 7.45. The summed E-state index contributed by atoms with van der Waals surface area (Å²) in [6.07, 6.45) is 2.06. The lowest BCUT2D eigenvalue weighted by Gasteiger charge is -2.52. The maximum atomic E-state index is 14.2. The van der Waals surface area contributed by atoms with E-state index in [9.17, 15) is 33.0 Å². The molecule has 3 aromatic rings. The minimum Gasteiger partial charge on any atom is -0.482 e. The Balaban J connectivity index is 1.56. The number of fused-ring (bicyclic) bond motifs is 1. The van der Waals surface area contributed by atoms with E-state index in [1.54, 1.807) is 41.2 Å². The van der Waals surface area contributed by atoms with Gasteiger partial charge in [0.15, 0.2) is 25.5 Å². The first-order valence-electron chi connectivity index (χ1n) is 13.6. The van der Waals surface area contributed by atoms with Crippen LogP contribution in [0.5, 0.6) is 5.75 Å². The van der Waals surface area contributed by atoms with E-state index in [-0.39, 0.29) is 55.0 Å². The predicted octanol–water partition coefficient (Wildman–Crippen LogP) is 2.46.